The molecule has 0 spiro atoms. The van der Waals surface area contributed by atoms with E-state index in [1.165, 1.54) is 0 Å². The van der Waals surface area contributed by atoms with Crippen LogP contribution in [0.3, 0.4) is 0 Å². The minimum absolute atomic E-state index is 0.236. The van der Waals surface area contributed by atoms with Crippen molar-refractivity contribution >= 4 is 17.0 Å². The highest BCUT2D eigenvalue weighted by atomic mass is 16.4. The maximum atomic E-state index is 11.6. The van der Waals surface area contributed by atoms with E-state index in [2.05, 4.69) is 28.2 Å². The summed E-state index contributed by atoms with van der Waals surface area (Å²) in [6.07, 6.45) is 2.87. The van der Waals surface area contributed by atoms with Gasteiger partial charge in [-0.05, 0) is 53.6 Å². The number of imidazole rings is 1. The molecular weight excluding hydrogens is 374 g/mol. The Hall–Kier alpha value is -3.91. The Morgan fingerprint density at radius 1 is 1.10 bits per heavy atom. The second-order valence-electron chi connectivity index (χ2n) is 7.73. The van der Waals surface area contributed by atoms with Gasteiger partial charge in [0, 0.05) is 5.92 Å². The van der Waals surface area contributed by atoms with Crippen LogP contribution in [0.15, 0.2) is 60.7 Å². The number of nitrogens with zero attached hydrogens (tertiary/aromatic N) is 2. The number of rotatable bonds is 5. The average Bonchev–Trinajstić information content (AvgIpc) is 3.52. The predicted octanol–water partition coefficient (Wildman–Crippen LogP) is 5.27. The molecule has 30 heavy (non-hydrogen) atoms. The van der Waals surface area contributed by atoms with Crippen LogP contribution in [0.25, 0.3) is 22.2 Å². The van der Waals surface area contributed by atoms with Crippen molar-refractivity contribution in [3.05, 3.63) is 88.7 Å². The van der Waals surface area contributed by atoms with E-state index in [1.807, 2.05) is 42.5 Å². The van der Waals surface area contributed by atoms with Gasteiger partial charge in [0.05, 0.1) is 22.7 Å². The zero-order valence-corrected chi connectivity index (χ0v) is 16.2. The van der Waals surface area contributed by atoms with Crippen LogP contribution in [-0.2, 0) is 6.42 Å². The zero-order valence-electron chi connectivity index (χ0n) is 16.2. The third-order valence-corrected chi connectivity index (χ3v) is 5.65. The Morgan fingerprint density at radius 3 is 2.57 bits per heavy atom. The molecule has 5 heteroatoms. The van der Waals surface area contributed by atoms with E-state index in [4.69, 9.17) is 0 Å². The van der Waals surface area contributed by atoms with E-state index in [1.54, 1.807) is 6.07 Å². The number of hydrogen-bond donors (Lipinski definition) is 2. The molecule has 0 bridgehead atoms. The quantitative estimate of drug-likeness (QED) is 0.483. The third kappa shape index (κ3) is 3.23. The van der Waals surface area contributed by atoms with E-state index in [-0.39, 0.29) is 5.56 Å². The van der Waals surface area contributed by atoms with Gasteiger partial charge in [0.1, 0.15) is 11.3 Å². The number of carbonyl (C=O) groups is 1. The van der Waals surface area contributed by atoms with Crippen molar-refractivity contribution in [3.63, 3.8) is 0 Å². The Kier molecular flexibility index (Phi) is 4.33. The Balaban J connectivity index is 1.49. The third-order valence-electron chi connectivity index (χ3n) is 5.65. The van der Waals surface area contributed by atoms with Crippen LogP contribution in [-0.4, -0.2) is 21.0 Å². The lowest BCUT2D eigenvalue weighted by Crippen LogP contribution is -1.99. The molecule has 1 aliphatic carbocycles. The summed E-state index contributed by atoms with van der Waals surface area (Å²) in [6.45, 7) is 0. The summed E-state index contributed by atoms with van der Waals surface area (Å²) in [5, 5.41) is 18.9. The lowest BCUT2D eigenvalue weighted by Gasteiger charge is -2.08. The molecule has 0 unspecified atom stereocenters. The van der Waals surface area contributed by atoms with E-state index in [9.17, 15) is 15.2 Å². The Morgan fingerprint density at radius 2 is 1.87 bits per heavy atom. The first-order valence-electron chi connectivity index (χ1n) is 9.97. The number of aromatic nitrogens is 2. The molecule has 0 amide bonds. The lowest BCUT2D eigenvalue weighted by molar-refractivity contribution is 0.0699. The van der Waals surface area contributed by atoms with Crippen molar-refractivity contribution in [1.29, 1.82) is 5.26 Å². The van der Waals surface area contributed by atoms with Gasteiger partial charge in [-0.15, -0.1) is 0 Å². The Bertz CT molecular complexity index is 1310. The van der Waals surface area contributed by atoms with E-state index in [0.29, 0.717) is 23.4 Å². The molecular formula is C25H19N3O2. The van der Waals surface area contributed by atoms with Gasteiger partial charge in [0.2, 0.25) is 0 Å². The molecule has 2 N–H and O–H groups in total. The highest BCUT2D eigenvalue weighted by molar-refractivity contribution is 6.02. The summed E-state index contributed by atoms with van der Waals surface area (Å²) in [5.41, 5.74) is 6.31. The van der Waals surface area contributed by atoms with Crippen LogP contribution >= 0.6 is 0 Å². The van der Waals surface area contributed by atoms with Crippen molar-refractivity contribution in [1.82, 2.24) is 9.97 Å². The van der Waals surface area contributed by atoms with Gasteiger partial charge in [-0.3, -0.25) is 0 Å². The summed E-state index contributed by atoms with van der Waals surface area (Å²) in [6, 6.07) is 21.5. The van der Waals surface area contributed by atoms with Gasteiger partial charge in [-0.2, -0.15) is 5.26 Å². The van der Waals surface area contributed by atoms with Crippen LogP contribution in [0.5, 0.6) is 0 Å². The summed E-state index contributed by atoms with van der Waals surface area (Å²) < 4.78 is 0. The predicted molar refractivity (Wildman–Crippen MR) is 114 cm³/mol. The van der Waals surface area contributed by atoms with Crippen LogP contribution < -0.4 is 0 Å². The fourth-order valence-corrected chi connectivity index (χ4v) is 3.89. The van der Waals surface area contributed by atoms with Gasteiger partial charge in [0.25, 0.3) is 0 Å². The van der Waals surface area contributed by atoms with Crippen molar-refractivity contribution in [3.8, 4) is 17.2 Å². The molecule has 1 aliphatic rings. The van der Waals surface area contributed by atoms with E-state index in [0.717, 1.165) is 46.4 Å². The number of carboxylic acids is 1. The second kappa shape index (κ2) is 7.16. The molecule has 0 atom stereocenters. The number of nitriles is 1. The van der Waals surface area contributed by atoms with Crippen LogP contribution in [0.1, 0.15) is 51.6 Å². The highest BCUT2D eigenvalue weighted by Crippen LogP contribution is 2.40. The van der Waals surface area contributed by atoms with Crippen molar-refractivity contribution in [2.75, 3.05) is 0 Å². The van der Waals surface area contributed by atoms with E-state index >= 15 is 0 Å². The maximum absolute atomic E-state index is 11.6. The lowest BCUT2D eigenvalue weighted by atomic mass is 9.97. The maximum Gasteiger partial charge on any atom is 0.337 e. The number of H-pyrrole nitrogens is 1. The van der Waals surface area contributed by atoms with Gasteiger partial charge in [-0.1, -0.05) is 48.5 Å². The molecule has 1 heterocycles. The number of fused-ring (bicyclic) bond motifs is 1. The molecule has 0 saturated heterocycles. The van der Waals surface area contributed by atoms with Crippen molar-refractivity contribution in [2.45, 2.75) is 25.2 Å². The molecule has 0 radical (unpaired) electrons. The van der Waals surface area contributed by atoms with Crippen LogP contribution in [0.4, 0.5) is 0 Å². The van der Waals surface area contributed by atoms with Crippen molar-refractivity contribution in [2.24, 2.45) is 0 Å². The number of hydrogen-bond acceptors (Lipinski definition) is 3. The SMILES string of the molecule is N#Cc1ccccc1-c1ccc(Cc2ccc(C(=O)O)c3nc(C4CC4)[nH]c23)cc1. The number of aromatic carboxylic acids is 1. The number of carboxylic acid groups (broad SMARTS) is 1. The molecule has 5 rings (SSSR count). The van der Waals surface area contributed by atoms with Gasteiger partial charge < -0.3 is 10.1 Å². The summed E-state index contributed by atoms with van der Waals surface area (Å²) in [4.78, 5) is 19.6. The van der Waals surface area contributed by atoms with Crippen LogP contribution in [0.2, 0.25) is 0 Å². The molecule has 1 aromatic heterocycles. The molecule has 146 valence electrons. The smallest absolute Gasteiger partial charge is 0.337 e. The molecule has 3 aromatic carbocycles. The van der Waals surface area contributed by atoms with Crippen molar-refractivity contribution < 1.29 is 9.90 Å². The Labute approximate surface area is 173 Å². The van der Waals surface area contributed by atoms with Gasteiger partial charge >= 0.3 is 5.97 Å². The molecule has 0 aliphatic heterocycles. The normalized spacial score (nSPS) is 13.3. The second-order valence-corrected chi connectivity index (χ2v) is 7.73. The molecule has 4 aromatic rings. The largest absolute Gasteiger partial charge is 0.478 e. The molecule has 1 fully saturated rings. The molecule has 1 saturated carbocycles. The zero-order chi connectivity index (χ0) is 20.7. The highest BCUT2D eigenvalue weighted by Gasteiger charge is 2.28. The summed E-state index contributed by atoms with van der Waals surface area (Å²) in [7, 11) is 0. The topological polar surface area (TPSA) is 89.8 Å². The monoisotopic (exact) mass is 393 g/mol. The fraction of sp³-hybridized carbons (Fsp3) is 0.160. The van der Waals surface area contributed by atoms with Gasteiger partial charge in [0.15, 0.2) is 0 Å². The minimum Gasteiger partial charge on any atom is -0.478 e. The first-order chi connectivity index (χ1) is 14.6. The fourth-order valence-electron chi connectivity index (χ4n) is 3.89. The van der Waals surface area contributed by atoms with E-state index < -0.39 is 5.97 Å². The number of aromatic amines is 1. The summed E-state index contributed by atoms with van der Waals surface area (Å²) >= 11 is 0. The van der Waals surface area contributed by atoms with Crippen LogP contribution in [0, 0.1) is 11.3 Å². The average molecular weight is 393 g/mol. The summed E-state index contributed by atoms with van der Waals surface area (Å²) in [5.74, 6) is 0.357. The first kappa shape index (κ1) is 18.1. The minimum atomic E-state index is -0.957. The number of benzene rings is 3. The first-order valence-corrected chi connectivity index (χ1v) is 9.97. The van der Waals surface area contributed by atoms with Gasteiger partial charge in [-0.25, -0.2) is 9.78 Å². The number of nitrogens with one attached hydrogen (secondary N) is 1. The standard InChI is InChI=1S/C25H19N3O2/c26-14-19-3-1-2-4-20(19)16-7-5-15(6-8-16)13-18-11-12-21(25(29)30)23-22(18)27-24(28-23)17-9-10-17/h1-8,11-12,17H,9-10,13H2,(H,27,28)(H,29,30). The molecule has 5 nitrogen and oxygen atoms in total.